The van der Waals surface area contributed by atoms with Crippen LogP contribution in [0.25, 0.3) is 0 Å². The van der Waals surface area contributed by atoms with Crippen LogP contribution in [-0.4, -0.2) is 26.7 Å². The van der Waals surface area contributed by atoms with E-state index in [1.54, 1.807) is 0 Å². The highest BCUT2D eigenvalue weighted by Crippen LogP contribution is 2.24. The zero-order valence-electron chi connectivity index (χ0n) is 11.1. The van der Waals surface area contributed by atoms with Crippen molar-refractivity contribution in [1.29, 1.82) is 0 Å². The number of unbranched alkanes of at least 4 members (excludes halogenated alkanes) is 1. The predicted molar refractivity (Wildman–Crippen MR) is 71.8 cm³/mol. The van der Waals surface area contributed by atoms with Crippen molar-refractivity contribution in [1.82, 2.24) is 10.0 Å². The summed E-state index contributed by atoms with van der Waals surface area (Å²) in [7, 11) is -3.48. The number of nitrogens with one attached hydrogen (secondary N) is 2. The zero-order valence-corrected chi connectivity index (χ0v) is 11.9. The van der Waals surface area contributed by atoms with Gasteiger partial charge in [-0.25, -0.2) is 17.9 Å². The van der Waals surface area contributed by atoms with E-state index < -0.39 is 16.1 Å². The van der Waals surface area contributed by atoms with E-state index >= 15 is 0 Å². The minimum Gasteiger partial charge on any atom is -0.337 e. The molecule has 0 unspecified atom stereocenters. The fourth-order valence-corrected chi connectivity index (χ4v) is 3.65. The standard InChI is InChI=1S/C12H24N2O3S/c1-2-3-9-13-12(15)14-18(16,17)10-11-7-5-4-6-8-11/h11H,2-10H2,1H3,(H2,13,14,15). The molecule has 18 heavy (non-hydrogen) atoms. The van der Waals surface area contributed by atoms with Crippen molar-refractivity contribution in [3.05, 3.63) is 0 Å². The number of amides is 2. The first-order chi connectivity index (χ1) is 8.53. The smallest absolute Gasteiger partial charge is 0.328 e. The molecular formula is C12H24N2O3S. The Morgan fingerprint density at radius 2 is 1.89 bits per heavy atom. The molecular weight excluding hydrogens is 252 g/mol. The SMILES string of the molecule is CCCCNC(=O)NS(=O)(=O)CC1CCCCC1. The predicted octanol–water partition coefficient (Wildman–Crippen LogP) is 2.00. The van der Waals surface area contributed by atoms with Gasteiger partial charge in [0, 0.05) is 6.54 Å². The number of carbonyl (C=O) groups is 1. The van der Waals surface area contributed by atoms with Crippen molar-refractivity contribution in [3.8, 4) is 0 Å². The average molecular weight is 276 g/mol. The Morgan fingerprint density at radius 3 is 2.50 bits per heavy atom. The third-order valence-electron chi connectivity index (χ3n) is 3.24. The van der Waals surface area contributed by atoms with E-state index in [9.17, 15) is 13.2 Å². The molecule has 0 saturated heterocycles. The van der Waals surface area contributed by atoms with Crippen molar-refractivity contribution in [2.45, 2.75) is 51.9 Å². The molecule has 1 rings (SSSR count). The molecule has 5 nitrogen and oxygen atoms in total. The number of hydrogen-bond acceptors (Lipinski definition) is 3. The van der Waals surface area contributed by atoms with Crippen LogP contribution < -0.4 is 10.0 Å². The number of hydrogen-bond donors (Lipinski definition) is 2. The first kappa shape index (κ1) is 15.3. The monoisotopic (exact) mass is 276 g/mol. The number of carbonyl (C=O) groups excluding carboxylic acids is 1. The van der Waals surface area contributed by atoms with Crippen LogP contribution in [0.3, 0.4) is 0 Å². The Kier molecular flexibility index (Phi) is 6.46. The summed E-state index contributed by atoms with van der Waals surface area (Å²) >= 11 is 0. The van der Waals surface area contributed by atoms with Crippen molar-refractivity contribution < 1.29 is 13.2 Å². The van der Waals surface area contributed by atoms with E-state index in [1.165, 1.54) is 6.42 Å². The first-order valence-corrected chi connectivity index (χ1v) is 8.47. The van der Waals surface area contributed by atoms with Crippen LogP contribution in [0, 0.1) is 5.92 Å². The lowest BCUT2D eigenvalue weighted by atomic mass is 9.91. The minimum atomic E-state index is -3.48. The van der Waals surface area contributed by atoms with Gasteiger partial charge in [-0.1, -0.05) is 32.6 Å². The highest BCUT2D eigenvalue weighted by atomic mass is 32.2. The average Bonchev–Trinajstić information content (AvgIpc) is 2.29. The van der Waals surface area contributed by atoms with Crippen molar-refractivity contribution >= 4 is 16.1 Å². The first-order valence-electron chi connectivity index (χ1n) is 6.82. The highest BCUT2D eigenvalue weighted by molar-refractivity contribution is 7.90. The minimum absolute atomic E-state index is 0.0776. The van der Waals surface area contributed by atoms with Crippen LogP contribution in [0.1, 0.15) is 51.9 Å². The Balaban J connectivity index is 2.31. The fourth-order valence-electron chi connectivity index (χ4n) is 2.26. The van der Waals surface area contributed by atoms with Crippen molar-refractivity contribution in [2.24, 2.45) is 5.92 Å². The second kappa shape index (κ2) is 7.61. The van der Waals surface area contributed by atoms with Gasteiger partial charge in [0.1, 0.15) is 0 Å². The molecule has 0 aromatic rings. The summed E-state index contributed by atoms with van der Waals surface area (Å²) < 4.78 is 25.6. The third kappa shape index (κ3) is 6.23. The van der Waals surface area contributed by atoms with Crippen molar-refractivity contribution in [3.63, 3.8) is 0 Å². The van der Waals surface area contributed by atoms with E-state index in [0.29, 0.717) is 6.54 Å². The molecule has 0 radical (unpaired) electrons. The van der Waals surface area contributed by atoms with E-state index in [4.69, 9.17) is 0 Å². The molecule has 1 aliphatic rings. The molecule has 0 spiro atoms. The molecule has 0 bridgehead atoms. The lowest BCUT2D eigenvalue weighted by Crippen LogP contribution is -2.42. The van der Waals surface area contributed by atoms with Crippen LogP contribution in [0.15, 0.2) is 0 Å². The molecule has 0 aliphatic heterocycles. The lowest BCUT2D eigenvalue weighted by Gasteiger charge is -2.21. The Bertz CT molecular complexity index is 348. The topological polar surface area (TPSA) is 75.3 Å². The zero-order chi connectivity index (χ0) is 13.4. The van der Waals surface area contributed by atoms with Crippen molar-refractivity contribution in [2.75, 3.05) is 12.3 Å². The molecule has 1 saturated carbocycles. The largest absolute Gasteiger partial charge is 0.337 e. The van der Waals surface area contributed by atoms with Gasteiger partial charge in [0.2, 0.25) is 10.0 Å². The number of rotatable bonds is 6. The van der Waals surface area contributed by atoms with E-state index in [1.807, 2.05) is 6.92 Å². The van der Waals surface area contributed by atoms with Crippen LogP contribution in [0.5, 0.6) is 0 Å². The summed E-state index contributed by atoms with van der Waals surface area (Å²) in [6.45, 7) is 2.53. The maximum absolute atomic E-state index is 11.8. The second-order valence-corrected chi connectivity index (χ2v) is 6.76. The van der Waals surface area contributed by atoms with Crippen LogP contribution in [0.2, 0.25) is 0 Å². The van der Waals surface area contributed by atoms with Gasteiger partial charge in [-0.15, -0.1) is 0 Å². The molecule has 6 heteroatoms. The fraction of sp³-hybridized carbons (Fsp3) is 0.917. The molecule has 2 amide bonds. The molecule has 0 aromatic carbocycles. The molecule has 106 valence electrons. The molecule has 1 aliphatic carbocycles. The molecule has 0 heterocycles. The van der Waals surface area contributed by atoms with Gasteiger partial charge in [-0.05, 0) is 25.2 Å². The molecule has 2 N–H and O–H groups in total. The Labute approximate surface area is 110 Å². The Hall–Kier alpha value is -0.780. The van der Waals surface area contributed by atoms with Gasteiger partial charge in [0.05, 0.1) is 5.75 Å². The number of urea groups is 1. The van der Waals surface area contributed by atoms with Gasteiger partial charge in [0.25, 0.3) is 0 Å². The summed E-state index contributed by atoms with van der Waals surface area (Å²) in [6.07, 6.45) is 7.13. The summed E-state index contributed by atoms with van der Waals surface area (Å²) in [4.78, 5) is 11.4. The van der Waals surface area contributed by atoms with Gasteiger partial charge in [0.15, 0.2) is 0 Å². The van der Waals surface area contributed by atoms with Crippen LogP contribution in [-0.2, 0) is 10.0 Å². The van der Waals surface area contributed by atoms with Gasteiger partial charge >= 0.3 is 6.03 Å². The van der Waals surface area contributed by atoms with Crippen LogP contribution in [0.4, 0.5) is 4.79 Å². The Morgan fingerprint density at radius 1 is 1.22 bits per heavy atom. The normalized spacial score (nSPS) is 17.4. The van der Waals surface area contributed by atoms with Crippen LogP contribution >= 0.6 is 0 Å². The summed E-state index contributed by atoms with van der Waals surface area (Å²) in [6, 6.07) is -0.598. The summed E-state index contributed by atoms with van der Waals surface area (Å²) in [5, 5.41) is 2.55. The molecule has 0 aromatic heterocycles. The maximum atomic E-state index is 11.8. The maximum Gasteiger partial charge on any atom is 0.328 e. The van der Waals surface area contributed by atoms with Gasteiger partial charge < -0.3 is 5.32 Å². The quantitative estimate of drug-likeness (QED) is 0.729. The van der Waals surface area contributed by atoms with Gasteiger partial charge in [-0.2, -0.15) is 0 Å². The third-order valence-corrected chi connectivity index (χ3v) is 4.65. The lowest BCUT2D eigenvalue weighted by molar-refractivity contribution is 0.245. The summed E-state index contributed by atoms with van der Waals surface area (Å²) in [5.74, 6) is 0.286. The van der Waals surface area contributed by atoms with E-state index in [-0.39, 0.29) is 11.7 Å². The summed E-state index contributed by atoms with van der Waals surface area (Å²) in [5.41, 5.74) is 0. The molecule has 0 atom stereocenters. The highest BCUT2D eigenvalue weighted by Gasteiger charge is 2.22. The van der Waals surface area contributed by atoms with Gasteiger partial charge in [-0.3, -0.25) is 0 Å². The second-order valence-electron chi connectivity index (χ2n) is 5.00. The van der Waals surface area contributed by atoms with E-state index in [0.717, 1.165) is 38.5 Å². The van der Waals surface area contributed by atoms with E-state index in [2.05, 4.69) is 10.0 Å². The molecule has 1 fully saturated rings. The number of sulfonamides is 1.